The van der Waals surface area contributed by atoms with Gasteiger partial charge in [-0.3, -0.25) is 4.79 Å². The van der Waals surface area contributed by atoms with Crippen molar-refractivity contribution in [3.05, 3.63) is 41.3 Å². The minimum absolute atomic E-state index is 0. The highest BCUT2D eigenvalue weighted by Crippen LogP contribution is 2.13. The highest BCUT2D eigenvalue weighted by Gasteiger charge is 2.24. The molecule has 0 bridgehead atoms. The first-order chi connectivity index (χ1) is 10.6. The number of carbonyl (C=O) groups is 1. The molecule has 0 saturated carbocycles. The van der Waals surface area contributed by atoms with Gasteiger partial charge in [-0.25, -0.2) is 9.67 Å². The second-order valence-electron chi connectivity index (χ2n) is 5.80. The average molecular weight is 372 g/mol. The molecule has 1 aliphatic rings. The van der Waals surface area contributed by atoms with Crippen LogP contribution in [0.1, 0.15) is 28.7 Å². The molecule has 0 aliphatic carbocycles. The molecule has 0 radical (unpaired) electrons. The lowest BCUT2D eigenvalue weighted by Crippen LogP contribution is -2.52. The van der Waals surface area contributed by atoms with Crippen LogP contribution >= 0.6 is 24.8 Å². The Morgan fingerprint density at radius 1 is 1.29 bits per heavy atom. The number of aromatic nitrogens is 3. The molecule has 24 heavy (non-hydrogen) atoms. The van der Waals surface area contributed by atoms with E-state index in [1.54, 1.807) is 10.9 Å². The van der Waals surface area contributed by atoms with Crippen LogP contribution in [0.25, 0.3) is 5.82 Å². The smallest absolute Gasteiger partial charge is 0.255 e. The zero-order valence-electron chi connectivity index (χ0n) is 14.0. The van der Waals surface area contributed by atoms with Crippen molar-refractivity contribution in [3.63, 3.8) is 0 Å². The highest BCUT2D eigenvalue weighted by molar-refractivity contribution is 5.94. The molecule has 1 fully saturated rings. The summed E-state index contributed by atoms with van der Waals surface area (Å²) < 4.78 is 1.79. The quantitative estimate of drug-likeness (QED) is 0.878. The number of pyridine rings is 1. The molecule has 1 amide bonds. The lowest BCUT2D eigenvalue weighted by molar-refractivity contribution is 0.0655. The van der Waals surface area contributed by atoms with Crippen LogP contribution in [0.5, 0.6) is 0 Å². The van der Waals surface area contributed by atoms with Gasteiger partial charge >= 0.3 is 0 Å². The van der Waals surface area contributed by atoms with Crippen molar-refractivity contribution in [3.8, 4) is 5.82 Å². The van der Waals surface area contributed by atoms with Crippen LogP contribution in [-0.4, -0.2) is 51.2 Å². The molecule has 3 heterocycles. The first-order valence-corrected chi connectivity index (χ1v) is 7.57. The van der Waals surface area contributed by atoms with Crippen molar-refractivity contribution in [2.45, 2.75) is 26.8 Å². The molecular weight excluding hydrogens is 349 g/mol. The number of aryl methyl sites for hydroxylation is 2. The van der Waals surface area contributed by atoms with Crippen LogP contribution in [0.4, 0.5) is 0 Å². The second kappa shape index (κ2) is 8.46. The van der Waals surface area contributed by atoms with Crippen molar-refractivity contribution in [2.75, 3.05) is 19.6 Å². The van der Waals surface area contributed by atoms with Crippen LogP contribution in [0.2, 0.25) is 0 Å². The number of rotatable bonds is 2. The molecule has 1 unspecified atom stereocenters. The first-order valence-electron chi connectivity index (χ1n) is 7.57. The summed E-state index contributed by atoms with van der Waals surface area (Å²) in [4.78, 5) is 18.9. The molecule has 2 aromatic heterocycles. The van der Waals surface area contributed by atoms with Gasteiger partial charge in [-0.2, -0.15) is 5.10 Å². The summed E-state index contributed by atoms with van der Waals surface area (Å²) in [6.45, 7) is 8.41. The van der Waals surface area contributed by atoms with Crippen molar-refractivity contribution in [1.29, 1.82) is 0 Å². The van der Waals surface area contributed by atoms with Crippen molar-refractivity contribution >= 4 is 30.7 Å². The summed E-state index contributed by atoms with van der Waals surface area (Å²) in [6, 6.07) is 5.88. The van der Waals surface area contributed by atoms with Gasteiger partial charge in [-0.1, -0.05) is 0 Å². The average Bonchev–Trinajstić information content (AvgIpc) is 2.86. The molecule has 132 valence electrons. The number of halogens is 2. The molecule has 1 aliphatic heterocycles. The molecule has 2 aromatic rings. The molecule has 1 N–H and O–H groups in total. The SMILES string of the molecule is Cc1cc(C)n(-c2ccc(C(=O)N3CCNCC3C)cn2)n1.Cl.Cl. The van der Waals surface area contributed by atoms with E-state index in [2.05, 4.69) is 22.3 Å². The fraction of sp³-hybridized carbons (Fsp3) is 0.438. The van der Waals surface area contributed by atoms with Gasteiger partial charge in [0.1, 0.15) is 0 Å². The van der Waals surface area contributed by atoms with E-state index in [1.165, 1.54) is 0 Å². The Balaban J connectivity index is 0.00000144. The Hall–Kier alpha value is -1.63. The molecule has 1 saturated heterocycles. The van der Waals surface area contributed by atoms with Gasteiger partial charge in [0.05, 0.1) is 11.3 Å². The van der Waals surface area contributed by atoms with Gasteiger partial charge in [0, 0.05) is 37.6 Å². The van der Waals surface area contributed by atoms with Gasteiger partial charge < -0.3 is 10.2 Å². The number of nitrogens with zero attached hydrogens (tertiary/aromatic N) is 4. The van der Waals surface area contributed by atoms with E-state index in [0.717, 1.165) is 36.8 Å². The molecule has 0 spiro atoms. The molecule has 1 atom stereocenters. The fourth-order valence-corrected chi connectivity index (χ4v) is 2.81. The zero-order valence-corrected chi connectivity index (χ0v) is 15.7. The van der Waals surface area contributed by atoms with Crippen LogP contribution in [-0.2, 0) is 0 Å². The number of hydrogen-bond acceptors (Lipinski definition) is 4. The number of hydrogen-bond donors (Lipinski definition) is 1. The van der Waals surface area contributed by atoms with Crippen LogP contribution < -0.4 is 5.32 Å². The monoisotopic (exact) mass is 371 g/mol. The van der Waals surface area contributed by atoms with E-state index in [0.29, 0.717) is 5.56 Å². The molecule has 8 heteroatoms. The van der Waals surface area contributed by atoms with Gasteiger partial charge in [0.15, 0.2) is 5.82 Å². The topological polar surface area (TPSA) is 63.1 Å². The Kier molecular flexibility index (Phi) is 7.20. The van der Waals surface area contributed by atoms with E-state index in [1.807, 2.05) is 36.9 Å². The minimum atomic E-state index is 0. The lowest BCUT2D eigenvalue weighted by Gasteiger charge is -2.33. The number of amides is 1. The predicted octanol–water partition coefficient (Wildman–Crippen LogP) is 2.16. The lowest BCUT2D eigenvalue weighted by atomic mass is 10.1. The molecule has 0 aromatic carbocycles. The molecular formula is C16H23Cl2N5O. The third-order valence-electron chi connectivity index (χ3n) is 3.98. The van der Waals surface area contributed by atoms with E-state index in [4.69, 9.17) is 0 Å². The Labute approximate surface area is 154 Å². The van der Waals surface area contributed by atoms with E-state index >= 15 is 0 Å². The largest absolute Gasteiger partial charge is 0.333 e. The summed E-state index contributed by atoms with van der Waals surface area (Å²) in [6.07, 6.45) is 1.64. The summed E-state index contributed by atoms with van der Waals surface area (Å²) >= 11 is 0. The molecule has 3 rings (SSSR count). The second-order valence-corrected chi connectivity index (χ2v) is 5.80. The number of carbonyl (C=O) groups excluding carboxylic acids is 1. The maximum Gasteiger partial charge on any atom is 0.255 e. The fourth-order valence-electron chi connectivity index (χ4n) is 2.81. The molecule has 6 nitrogen and oxygen atoms in total. The third-order valence-corrected chi connectivity index (χ3v) is 3.98. The number of piperazine rings is 1. The van der Waals surface area contributed by atoms with Crippen molar-refractivity contribution < 1.29 is 4.79 Å². The first kappa shape index (κ1) is 20.4. The summed E-state index contributed by atoms with van der Waals surface area (Å²) in [5.41, 5.74) is 2.60. The van der Waals surface area contributed by atoms with E-state index < -0.39 is 0 Å². The van der Waals surface area contributed by atoms with Gasteiger partial charge in [0.25, 0.3) is 5.91 Å². The standard InChI is InChI=1S/C16H21N5O.2ClH/c1-11-8-12(2)21(19-11)15-5-4-14(10-18-15)16(22)20-7-6-17-9-13(20)3;;/h4-5,8,10,13,17H,6-7,9H2,1-3H3;2*1H. The third kappa shape index (κ3) is 4.06. The van der Waals surface area contributed by atoms with E-state index in [-0.39, 0.29) is 36.8 Å². The highest BCUT2D eigenvalue weighted by atomic mass is 35.5. The Morgan fingerprint density at radius 2 is 2.04 bits per heavy atom. The predicted molar refractivity (Wildman–Crippen MR) is 98.7 cm³/mol. The summed E-state index contributed by atoms with van der Waals surface area (Å²) in [5.74, 6) is 0.775. The van der Waals surface area contributed by atoms with Crippen molar-refractivity contribution in [1.82, 2.24) is 25.0 Å². The summed E-state index contributed by atoms with van der Waals surface area (Å²) in [5, 5.41) is 7.70. The van der Waals surface area contributed by atoms with E-state index in [9.17, 15) is 4.79 Å². The van der Waals surface area contributed by atoms with Crippen LogP contribution in [0.3, 0.4) is 0 Å². The maximum atomic E-state index is 12.6. The minimum Gasteiger partial charge on any atom is -0.333 e. The normalized spacial score (nSPS) is 17.0. The van der Waals surface area contributed by atoms with Gasteiger partial charge in [-0.05, 0) is 39.0 Å². The number of nitrogens with one attached hydrogen (secondary N) is 1. The zero-order chi connectivity index (χ0) is 15.7. The maximum absolute atomic E-state index is 12.6. The van der Waals surface area contributed by atoms with Gasteiger partial charge in [-0.15, -0.1) is 24.8 Å². The summed E-state index contributed by atoms with van der Waals surface area (Å²) in [7, 11) is 0. The van der Waals surface area contributed by atoms with Crippen molar-refractivity contribution in [2.24, 2.45) is 0 Å². The van der Waals surface area contributed by atoms with Crippen LogP contribution in [0.15, 0.2) is 24.4 Å². The van der Waals surface area contributed by atoms with Gasteiger partial charge in [0.2, 0.25) is 0 Å². The Bertz CT molecular complexity index is 686. The van der Waals surface area contributed by atoms with Crippen LogP contribution in [0, 0.1) is 13.8 Å². The Morgan fingerprint density at radius 3 is 2.58 bits per heavy atom.